The van der Waals surface area contributed by atoms with Crippen LogP contribution in [0.25, 0.3) is 16.7 Å². The Morgan fingerprint density at radius 2 is 2.09 bits per heavy atom. The predicted molar refractivity (Wildman–Crippen MR) is 86.2 cm³/mol. The number of hydrogen-bond acceptors (Lipinski definition) is 6. The molecule has 0 aliphatic carbocycles. The first kappa shape index (κ1) is 14.9. The van der Waals surface area contributed by atoms with Crippen LogP contribution < -0.4 is 11.1 Å². The third-order valence-corrected chi connectivity index (χ3v) is 3.33. The highest BCUT2D eigenvalue weighted by molar-refractivity contribution is 5.91. The molecule has 3 aromatic rings. The van der Waals surface area contributed by atoms with Crippen LogP contribution in [-0.2, 0) is 9.53 Å². The fraction of sp³-hybridized carbons (Fsp3) is 0.200. The van der Waals surface area contributed by atoms with Gasteiger partial charge in [-0.1, -0.05) is 0 Å². The van der Waals surface area contributed by atoms with E-state index in [1.165, 1.54) is 6.33 Å². The average molecular weight is 312 g/mol. The van der Waals surface area contributed by atoms with Crippen LogP contribution in [0.2, 0.25) is 0 Å². The largest absolute Gasteiger partial charge is 0.384 e. The molecular formula is C15H16N6O2. The number of benzene rings is 1. The summed E-state index contributed by atoms with van der Waals surface area (Å²) >= 11 is 0. The molecule has 0 saturated heterocycles. The summed E-state index contributed by atoms with van der Waals surface area (Å²) < 4.78 is 6.54. The van der Waals surface area contributed by atoms with Crippen molar-refractivity contribution in [3.63, 3.8) is 0 Å². The zero-order chi connectivity index (χ0) is 16.2. The number of nitrogens with two attached hydrogens (primary N) is 1. The monoisotopic (exact) mass is 312 g/mol. The summed E-state index contributed by atoms with van der Waals surface area (Å²) in [6.45, 7) is 0.393. The third kappa shape index (κ3) is 3.11. The summed E-state index contributed by atoms with van der Waals surface area (Å²) in [5.74, 6) is 0.299. The van der Waals surface area contributed by atoms with Crippen LogP contribution in [0, 0.1) is 0 Å². The SMILES string of the molecule is COCCC(=O)Nc1ccc(-n2ncc3c(N)ncnc32)cc1. The van der Waals surface area contributed by atoms with Crippen LogP contribution in [0.5, 0.6) is 0 Å². The molecule has 0 unspecified atom stereocenters. The lowest BCUT2D eigenvalue weighted by Crippen LogP contribution is -2.13. The highest BCUT2D eigenvalue weighted by Gasteiger charge is 2.09. The second kappa shape index (κ2) is 6.41. The predicted octanol–water partition coefficient (Wildman–Crippen LogP) is 1.37. The molecule has 1 amide bonds. The van der Waals surface area contributed by atoms with E-state index in [0.29, 0.717) is 35.6 Å². The summed E-state index contributed by atoms with van der Waals surface area (Å²) in [7, 11) is 1.56. The number of hydrogen-bond donors (Lipinski definition) is 2. The van der Waals surface area contributed by atoms with Crippen molar-refractivity contribution in [2.75, 3.05) is 24.8 Å². The summed E-state index contributed by atoms with van der Waals surface area (Å²) in [6, 6.07) is 7.30. The van der Waals surface area contributed by atoms with E-state index < -0.39 is 0 Å². The first-order valence-corrected chi connectivity index (χ1v) is 7.02. The van der Waals surface area contributed by atoms with E-state index in [4.69, 9.17) is 10.5 Å². The molecule has 0 bridgehead atoms. The number of ether oxygens (including phenoxy) is 1. The lowest BCUT2D eigenvalue weighted by Gasteiger charge is -2.07. The van der Waals surface area contributed by atoms with Gasteiger partial charge in [0.15, 0.2) is 5.65 Å². The van der Waals surface area contributed by atoms with Gasteiger partial charge in [0.05, 0.1) is 30.3 Å². The lowest BCUT2D eigenvalue weighted by molar-refractivity contribution is -0.117. The number of nitrogen functional groups attached to an aromatic ring is 1. The molecule has 1 aromatic carbocycles. The van der Waals surface area contributed by atoms with Gasteiger partial charge in [-0.05, 0) is 24.3 Å². The summed E-state index contributed by atoms with van der Waals surface area (Å²) in [5, 5.41) is 7.79. The van der Waals surface area contributed by atoms with Crippen LogP contribution in [-0.4, -0.2) is 39.4 Å². The molecule has 23 heavy (non-hydrogen) atoms. The van der Waals surface area contributed by atoms with E-state index in [0.717, 1.165) is 5.69 Å². The number of carbonyl (C=O) groups is 1. The van der Waals surface area contributed by atoms with Crippen molar-refractivity contribution in [1.29, 1.82) is 0 Å². The maximum Gasteiger partial charge on any atom is 0.226 e. The van der Waals surface area contributed by atoms with Crippen molar-refractivity contribution >= 4 is 28.4 Å². The Morgan fingerprint density at radius 1 is 1.30 bits per heavy atom. The number of aromatic nitrogens is 4. The van der Waals surface area contributed by atoms with Crippen molar-refractivity contribution in [2.24, 2.45) is 0 Å². The van der Waals surface area contributed by atoms with Crippen LogP contribution >= 0.6 is 0 Å². The molecule has 8 nitrogen and oxygen atoms in total. The Balaban J connectivity index is 1.81. The summed E-state index contributed by atoms with van der Waals surface area (Å²) in [4.78, 5) is 19.8. The number of nitrogens with one attached hydrogen (secondary N) is 1. The van der Waals surface area contributed by atoms with Crippen LogP contribution in [0.1, 0.15) is 6.42 Å². The van der Waals surface area contributed by atoms with Gasteiger partial charge in [0.25, 0.3) is 0 Å². The fourth-order valence-electron chi connectivity index (χ4n) is 2.16. The molecule has 0 spiro atoms. The van der Waals surface area contributed by atoms with Gasteiger partial charge in [-0.15, -0.1) is 0 Å². The molecule has 3 N–H and O–H groups in total. The molecular weight excluding hydrogens is 296 g/mol. The highest BCUT2D eigenvalue weighted by Crippen LogP contribution is 2.20. The van der Waals surface area contributed by atoms with E-state index in [-0.39, 0.29) is 5.91 Å². The Bertz CT molecular complexity index is 828. The minimum absolute atomic E-state index is 0.0929. The maximum atomic E-state index is 11.7. The van der Waals surface area contributed by atoms with Crippen LogP contribution in [0.3, 0.4) is 0 Å². The van der Waals surface area contributed by atoms with Gasteiger partial charge in [-0.25, -0.2) is 14.6 Å². The number of anilines is 2. The second-order valence-electron chi connectivity index (χ2n) is 4.89. The smallest absolute Gasteiger partial charge is 0.226 e. The molecule has 0 saturated carbocycles. The number of carbonyl (C=O) groups excluding carboxylic acids is 1. The quantitative estimate of drug-likeness (QED) is 0.736. The molecule has 118 valence electrons. The molecule has 0 aliphatic rings. The fourth-order valence-corrected chi connectivity index (χ4v) is 2.16. The van der Waals surface area contributed by atoms with Crippen molar-refractivity contribution in [1.82, 2.24) is 19.7 Å². The van der Waals surface area contributed by atoms with Gasteiger partial charge in [0.1, 0.15) is 12.1 Å². The van der Waals surface area contributed by atoms with Gasteiger partial charge in [0, 0.05) is 12.8 Å². The number of methoxy groups -OCH3 is 1. The van der Waals surface area contributed by atoms with Crippen molar-refractivity contribution in [3.8, 4) is 5.69 Å². The number of amides is 1. The summed E-state index contributed by atoms with van der Waals surface area (Å²) in [5.41, 5.74) is 7.96. The van der Waals surface area contributed by atoms with E-state index in [2.05, 4.69) is 20.4 Å². The molecule has 0 aliphatic heterocycles. The second-order valence-corrected chi connectivity index (χ2v) is 4.89. The Hall–Kier alpha value is -3.00. The average Bonchev–Trinajstić information content (AvgIpc) is 2.99. The van der Waals surface area contributed by atoms with Gasteiger partial charge in [-0.3, -0.25) is 4.79 Å². The number of nitrogens with zero attached hydrogens (tertiary/aromatic N) is 4. The van der Waals surface area contributed by atoms with Gasteiger partial charge in [0.2, 0.25) is 5.91 Å². The minimum atomic E-state index is -0.0929. The molecule has 0 atom stereocenters. The van der Waals surface area contributed by atoms with E-state index in [1.807, 2.05) is 12.1 Å². The van der Waals surface area contributed by atoms with Gasteiger partial charge < -0.3 is 15.8 Å². The van der Waals surface area contributed by atoms with Crippen molar-refractivity contribution in [2.45, 2.75) is 6.42 Å². The molecule has 0 radical (unpaired) electrons. The number of fused-ring (bicyclic) bond motifs is 1. The van der Waals surface area contributed by atoms with Gasteiger partial charge >= 0.3 is 0 Å². The van der Waals surface area contributed by atoms with Crippen molar-refractivity contribution < 1.29 is 9.53 Å². The van der Waals surface area contributed by atoms with E-state index in [9.17, 15) is 4.79 Å². The molecule has 2 aromatic heterocycles. The first-order chi connectivity index (χ1) is 11.2. The van der Waals surface area contributed by atoms with E-state index >= 15 is 0 Å². The van der Waals surface area contributed by atoms with Crippen LogP contribution in [0.4, 0.5) is 11.5 Å². The lowest BCUT2D eigenvalue weighted by atomic mass is 10.2. The number of rotatable bonds is 5. The van der Waals surface area contributed by atoms with Crippen molar-refractivity contribution in [3.05, 3.63) is 36.8 Å². The minimum Gasteiger partial charge on any atom is -0.384 e. The highest BCUT2D eigenvalue weighted by atomic mass is 16.5. The van der Waals surface area contributed by atoms with E-state index in [1.54, 1.807) is 30.1 Å². The summed E-state index contributed by atoms with van der Waals surface area (Å²) in [6.07, 6.45) is 3.35. The third-order valence-electron chi connectivity index (χ3n) is 3.33. The van der Waals surface area contributed by atoms with Crippen LogP contribution in [0.15, 0.2) is 36.8 Å². The molecule has 2 heterocycles. The topological polar surface area (TPSA) is 108 Å². The molecule has 8 heteroatoms. The molecule has 3 rings (SSSR count). The van der Waals surface area contributed by atoms with Gasteiger partial charge in [-0.2, -0.15) is 5.10 Å². The Labute approximate surface area is 132 Å². The molecule has 0 fully saturated rings. The Kier molecular flexibility index (Phi) is 4.15. The normalized spacial score (nSPS) is 10.8. The zero-order valence-corrected chi connectivity index (χ0v) is 12.6. The first-order valence-electron chi connectivity index (χ1n) is 7.02. The zero-order valence-electron chi connectivity index (χ0n) is 12.6. The maximum absolute atomic E-state index is 11.7. The Morgan fingerprint density at radius 3 is 2.83 bits per heavy atom. The standard InChI is InChI=1S/C15H16N6O2/c1-23-7-6-13(22)20-10-2-4-11(5-3-10)21-15-12(8-19-21)14(16)17-9-18-15/h2-5,8-9H,6-7H2,1H3,(H,20,22)(H2,16,17,18).